The van der Waals surface area contributed by atoms with Crippen molar-refractivity contribution < 1.29 is 9.15 Å². The van der Waals surface area contributed by atoms with Gasteiger partial charge in [-0.25, -0.2) is 0 Å². The van der Waals surface area contributed by atoms with Crippen LogP contribution in [0.25, 0.3) is 0 Å². The SMILES string of the molecule is Cc1cc(C)cc(Oc2nc(CNC3CC3)co2)c1. The van der Waals surface area contributed by atoms with Crippen LogP contribution in [0, 0.1) is 13.8 Å². The van der Waals surface area contributed by atoms with Crippen molar-refractivity contribution in [1.82, 2.24) is 10.3 Å². The third-order valence-corrected chi connectivity index (χ3v) is 3.08. The number of hydrogen-bond acceptors (Lipinski definition) is 4. The van der Waals surface area contributed by atoms with Crippen LogP contribution in [-0.4, -0.2) is 11.0 Å². The average molecular weight is 258 g/mol. The Morgan fingerprint density at radius 2 is 2.00 bits per heavy atom. The van der Waals surface area contributed by atoms with Gasteiger partial charge in [0.2, 0.25) is 0 Å². The minimum Gasteiger partial charge on any atom is -0.417 e. The second-order valence-electron chi connectivity index (χ2n) is 5.19. The zero-order valence-electron chi connectivity index (χ0n) is 11.3. The number of aryl methyl sites for hydroxylation is 2. The Bertz CT molecular complexity index is 553. The van der Waals surface area contributed by atoms with Crippen molar-refractivity contribution in [2.24, 2.45) is 0 Å². The maximum Gasteiger partial charge on any atom is 0.399 e. The number of hydrogen-bond donors (Lipinski definition) is 1. The normalized spacial score (nSPS) is 14.6. The molecular weight excluding hydrogens is 240 g/mol. The Kier molecular flexibility index (Phi) is 3.25. The highest BCUT2D eigenvalue weighted by molar-refractivity contribution is 5.34. The Morgan fingerprint density at radius 3 is 2.68 bits per heavy atom. The summed E-state index contributed by atoms with van der Waals surface area (Å²) < 4.78 is 11.0. The van der Waals surface area contributed by atoms with Crippen molar-refractivity contribution in [3.63, 3.8) is 0 Å². The molecule has 1 heterocycles. The fourth-order valence-electron chi connectivity index (χ4n) is 2.05. The van der Waals surface area contributed by atoms with Gasteiger partial charge in [0.1, 0.15) is 12.0 Å². The smallest absolute Gasteiger partial charge is 0.399 e. The van der Waals surface area contributed by atoms with E-state index in [0.29, 0.717) is 12.1 Å². The van der Waals surface area contributed by atoms with Gasteiger partial charge in [-0.15, -0.1) is 0 Å². The van der Waals surface area contributed by atoms with Crippen molar-refractivity contribution in [3.05, 3.63) is 41.3 Å². The summed E-state index contributed by atoms with van der Waals surface area (Å²) in [6.45, 7) is 4.82. The Hall–Kier alpha value is -1.81. The number of nitrogens with one attached hydrogen (secondary N) is 1. The monoisotopic (exact) mass is 258 g/mol. The quantitative estimate of drug-likeness (QED) is 0.893. The summed E-state index contributed by atoms with van der Waals surface area (Å²) in [5.41, 5.74) is 3.21. The molecule has 4 heteroatoms. The highest BCUT2D eigenvalue weighted by Gasteiger charge is 2.20. The van der Waals surface area contributed by atoms with Crippen LogP contribution in [0.15, 0.2) is 28.9 Å². The number of ether oxygens (including phenoxy) is 1. The van der Waals surface area contributed by atoms with Crippen LogP contribution in [0.5, 0.6) is 11.8 Å². The summed E-state index contributed by atoms with van der Waals surface area (Å²) in [7, 11) is 0. The van der Waals surface area contributed by atoms with Gasteiger partial charge in [-0.2, -0.15) is 4.98 Å². The van der Waals surface area contributed by atoms with E-state index in [2.05, 4.69) is 16.4 Å². The molecular formula is C15H18N2O2. The van der Waals surface area contributed by atoms with Crippen molar-refractivity contribution in [2.45, 2.75) is 39.3 Å². The molecule has 0 radical (unpaired) electrons. The fourth-order valence-corrected chi connectivity index (χ4v) is 2.05. The van der Waals surface area contributed by atoms with Crippen molar-refractivity contribution >= 4 is 0 Å². The van der Waals surface area contributed by atoms with Crippen molar-refractivity contribution in [3.8, 4) is 11.8 Å². The second-order valence-corrected chi connectivity index (χ2v) is 5.19. The van der Waals surface area contributed by atoms with E-state index in [9.17, 15) is 0 Å². The lowest BCUT2D eigenvalue weighted by molar-refractivity contribution is 0.330. The Balaban J connectivity index is 1.65. The molecule has 0 aliphatic heterocycles. The molecule has 100 valence electrons. The van der Waals surface area contributed by atoms with Crippen molar-refractivity contribution in [2.75, 3.05) is 0 Å². The zero-order chi connectivity index (χ0) is 13.2. The number of rotatable bonds is 5. The van der Waals surface area contributed by atoms with Gasteiger partial charge in [-0.1, -0.05) is 6.07 Å². The first-order valence-electron chi connectivity index (χ1n) is 6.63. The zero-order valence-corrected chi connectivity index (χ0v) is 11.3. The molecule has 1 fully saturated rings. The van der Waals surface area contributed by atoms with E-state index in [4.69, 9.17) is 9.15 Å². The molecule has 1 N–H and O–H groups in total. The van der Waals surface area contributed by atoms with Gasteiger partial charge in [0.25, 0.3) is 0 Å². The molecule has 1 aliphatic rings. The van der Waals surface area contributed by atoms with Crippen LogP contribution in [0.3, 0.4) is 0 Å². The van der Waals surface area contributed by atoms with E-state index >= 15 is 0 Å². The molecule has 0 saturated heterocycles. The summed E-state index contributed by atoms with van der Waals surface area (Å²) in [4.78, 5) is 4.31. The topological polar surface area (TPSA) is 47.3 Å². The minimum atomic E-state index is 0.303. The van der Waals surface area contributed by atoms with Gasteiger partial charge in [0, 0.05) is 12.6 Å². The maximum absolute atomic E-state index is 5.64. The molecule has 3 rings (SSSR count). The lowest BCUT2D eigenvalue weighted by Gasteiger charge is -2.03. The van der Waals surface area contributed by atoms with Gasteiger partial charge in [-0.05, 0) is 49.9 Å². The number of nitrogens with zero attached hydrogens (tertiary/aromatic N) is 1. The fraction of sp³-hybridized carbons (Fsp3) is 0.400. The number of benzene rings is 1. The maximum atomic E-state index is 5.64. The van der Waals surface area contributed by atoms with Gasteiger partial charge in [-0.3, -0.25) is 0 Å². The van der Waals surface area contributed by atoms with Crippen LogP contribution in [0.1, 0.15) is 29.7 Å². The molecule has 0 amide bonds. The van der Waals surface area contributed by atoms with E-state index in [1.165, 1.54) is 12.8 Å². The van der Waals surface area contributed by atoms with Crippen LogP contribution >= 0.6 is 0 Å². The molecule has 4 nitrogen and oxygen atoms in total. The molecule has 0 bridgehead atoms. The second kappa shape index (κ2) is 5.05. The summed E-state index contributed by atoms with van der Waals surface area (Å²) in [6.07, 6.45) is 4.48. The first-order valence-corrected chi connectivity index (χ1v) is 6.63. The van der Waals surface area contributed by atoms with E-state index in [-0.39, 0.29) is 0 Å². The Morgan fingerprint density at radius 1 is 1.26 bits per heavy atom. The summed E-state index contributed by atoms with van der Waals surface area (Å²) in [5, 5.41) is 3.39. The molecule has 0 atom stereocenters. The van der Waals surface area contributed by atoms with Crippen LogP contribution in [-0.2, 0) is 6.54 Å². The van der Waals surface area contributed by atoms with Gasteiger partial charge >= 0.3 is 6.08 Å². The van der Waals surface area contributed by atoms with Crippen molar-refractivity contribution in [1.29, 1.82) is 0 Å². The molecule has 1 aromatic heterocycles. The lowest BCUT2D eigenvalue weighted by Crippen LogP contribution is -2.15. The third kappa shape index (κ3) is 3.35. The highest BCUT2D eigenvalue weighted by Crippen LogP contribution is 2.24. The van der Waals surface area contributed by atoms with Gasteiger partial charge in [0.15, 0.2) is 0 Å². The molecule has 0 spiro atoms. The standard InChI is InChI=1S/C15H18N2O2/c1-10-5-11(2)7-14(6-10)19-15-17-13(9-18-15)8-16-12-3-4-12/h5-7,9,12,16H,3-4,8H2,1-2H3. The first kappa shape index (κ1) is 12.2. The van der Waals surface area contributed by atoms with Crippen LogP contribution < -0.4 is 10.1 Å². The summed E-state index contributed by atoms with van der Waals surface area (Å²) >= 11 is 0. The highest BCUT2D eigenvalue weighted by atomic mass is 16.6. The molecule has 1 aliphatic carbocycles. The molecule has 0 unspecified atom stereocenters. The predicted molar refractivity (Wildman–Crippen MR) is 72.4 cm³/mol. The first-order chi connectivity index (χ1) is 9.19. The molecule has 1 saturated carbocycles. The Labute approximate surface area is 112 Å². The third-order valence-electron chi connectivity index (χ3n) is 3.08. The molecule has 1 aromatic carbocycles. The summed E-state index contributed by atoms with van der Waals surface area (Å²) in [5.74, 6) is 0.765. The predicted octanol–water partition coefficient (Wildman–Crippen LogP) is 3.34. The van der Waals surface area contributed by atoms with Crippen LogP contribution in [0.4, 0.5) is 0 Å². The number of aromatic nitrogens is 1. The summed E-state index contributed by atoms with van der Waals surface area (Å²) in [6, 6.07) is 6.71. The van der Waals surface area contributed by atoms with Gasteiger partial charge in [0.05, 0.1) is 5.69 Å². The minimum absolute atomic E-state index is 0.303. The van der Waals surface area contributed by atoms with Crippen LogP contribution in [0.2, 0.25) is 0 Å². The van der Waals surface area contributed by atoms with E-state index in [1.54, 1.807) is 6.26 Å². The van der Waals surface area contributed by atoms with E-state index < -0.39 is 0 Å². The number of oxazole rings is 1. The molecule has 2 aromatic rings. The van der Waals surface area contributed by atoms with E-state index in [1.807, 2.05) is 26.0 Å². The average Bonchev–Trinajstić information content (AvgIpc) is 3.06. The van der Waals surface area contributed by atoms with Gasteiger partial charge < -0.3 is 14.5 Å². The lowest BCUT2D eigenvalue weighted by atomic mass is 10.1. The molecule has 19 heavy (non-hydrogen) atoms. The van der Waals surface area contributed by atoms with E-state index in [0.717, 1.165) is 29.1 Å². The largest absolute Gasteiger partial charge is 0.417 e.